The zero-order valence-corrected chi connectivity index (χ0v) is 8.37. The van der Waals surface area contributed by atoms with Crippen molar-refractivity contribution in [2.24, 2.45) is 0 Å². The van der Waals surface area contributed by atoms with Crippen molar-refractivity contribution in [3.05, 3.63) is 30.3 Å². The maximum atomic E-state index is 10.5. The third-order valence-electron chi connectivity index (χ3n) is 2.02. The van der Waals surface area contributed by atoms with E-state index >= 15 is 0 Å². The second-order valence-electron chi connectivity index (χ2n) is 3.21. The van der Waals surface area contributed by atoms with Gasteiger partial charge in [0.15, 0.2) is 5.82 Å². The van der Waals surface area contributed by atoms with Crippen molar-refractivity contribution in [3.63, 3.8) is 0 Å². The highest BCUT2D eigenvalue weighted by Gasteiger charge is 2.10. The van der Waals surface area contributed by atoms with Crippen LogP contribution in [0.2, 0.25) is 0 Å². The molecule has 0 aliphatic heterocycles. The lowest BCUT2D eigenvalue weighted by molar-refractivity contribution is -0.137. The first-order chi connectivity index (χ1) is 7.66. The van der Waals surface area contributed by atoms with Crippen LogP contribution in [-0.4, -0.2) is 25.8 Å². The molecule has 0 saturated carbocycles. The van der Waals surface area contributed by atoms with Gasteiger partial charge in [0.2, 0.25) is 5.95 Å². The number of nitrogens with zero attached hydrogens (tertiary/aromatic N) is 3. The molecule has 0 radical (unpaired) electrons. The average molecular weight is 218 g/mol. The van der Waals surface area contributed by atoms with Gasteiger partial charge in [-0.1, -0.05) is 30.3 Å². The zero-order chi connectivity index (χ0) is 11.5. The van der Waals surface area contributed by atoms with Gasteiger partial charge in [-0.3, -0.25) is 4.79 Å². The SMILES string of the molecule is Nc1nc(-c2ccccc2)nn1CC(=O)O. The van der Waals surface area contributed by atoms with E-state index < -0.39 is 5.97 Å². The van der Waals surface area contributed by atoms with E-state index in [1.54, 1.807) is 0 Å². The monoisotopic (exact) mass is 218 g/mol. The summed E-state index contributed by atoms with van der Waals surface area (Å²) in [5.41, 5.74) is 6.36. The van der Waals surface area contributed by atoms with Crippen LogP contribution >= 0.6 is 0 Å². The van der Waals surface area contributed by atoms with Crippen molar-refractivity contribution in [2.75, 3.05) is 5.73 Å². The highest BCUT2D eigenvalue weighted by Crippen LogP contribution is 2.15. The molecule has 0 bridgehead atoms. The average Bonchev–Trinajstić information content (AvgIpc) is 2.61. The van der Waals surface area contributed by atoms with E-state index in [1.807, 2.05) is 30.3 Å². The Morgan fingerprint density at radius 3 is 2.69 bits per heavy atom. The molecule has 2 rings (SSSR count). The maximum Gasteiger partial charge on any atom is 0.325 e. The summed E-state index contributed by atoms with van der Waals surface area (Å²) >= 11 is 0. The predicted octanol–water partition coefficient (Wildman–Crippen LogP) is 0.612. The Balaban J connectivity index is 2.34. The number of anilines is 1. The van der Waals surface area contributed by atoms with Gasteiger partial charge >= 0.3 is 5.97 Å². The van der Waals surface area contributed by atoms with Crippen LogP contribution in [-0.2, 0) is 11.3 Å². The summed E-state index contributed by atoms with van der Waals surface area (Å²) in [6.45, 7) is -0.286. The molecule has 1 aromatic carbocycles. The Morgan fingerprint density at radius 1 is 1.38 bits per heavy atom. The van der Waals surface area contributed by atoms with Gasteiger partial charge in [-0.25, -0.2) is 4.68 Å². The Kier molecular flexibility index (Phi) is 2.55. The second kappa shape index (κ2) is 4.01. The third-order valence-corrected chi connectivity index (χ3v) is 2.02. The Hall–Kier alpha value is -2.37. The van der Waals surface area contributed by atoms with Crippen LogP contribution in [0.25, 0.3) is 11.4 Å². The number of aliphatic carboxylic acids is 1. The van der Waals surface area contributed by atoms with E-state index in [0.29, 0.717) is 5.82 Å². The lowest BCUT2D eigenvalue weighted by Crippen LogP contribution is -2.12. The van der Waals surface area contributed by atoms with Crippen molar-refractivity contribution in [2.45, 2.75) is 6.54 Å². The number of carboxylic acids is 1. The predicted molar refractivity (Wildman–Crippen MR) is 57.5 cm³/mol. The van der Waals surface area contributed by atoms with Crippen LogP contribution in [0.15, 0.2) is 30.3 Å². The lowest BCUT2D eigenvalue weighted by Gasteiger charge is -1.95. The number of carboxylic acid groups (broad SMARTS) is 1. The molecule has 0 aliphatic rings. The van der Waals surface area contributed by atoms with Gasteiger partial charge < -0.3 is 10.8 Å². The summed E-state index contributed by atoms with van der Waals surface area (Å²) in [5.74, 6) is -0.475. The van der Waals surface area contributed by atoms with Crippen LogP contribution in [0, 0.1) is 0 Å². The Labute approximate surface area is 91.3 Å². The molecule has 6 heteroatoms. The molecule has 0 atom stereocenters. The van der Waals surface area contributed by atoms with Crippen LogP contribution in [0.4, 0.5) is 5.95 Å². The number of aromatic nitrogens is 3. The molecule has 16 heavy (non-hydrogen) atoms. The summed E-state index contributed by atoms with van der Waals surface area (Å²) < 4.78 is 1.16. The van der Waals surface area contributed by atoms with Crippen molar-refractivity contribution < 1.29 is 9.90 Å². The quantitative estimate of drug-likeness (QED) is 0.787. The van der Waals surface area contributed by atoms with E-state index in [4.69, 9.17) is 10.8 Å². The number of nitrogens with two attached hydrogens (primary N) is 1. The van der Waals surface area contributed by atoms with Crippen LogP contribution in [0.1, 0.15) is 0 Å². The fourth-order valence-corrected chi connectivity index (χ4v) is 1.31. The first-order valence-electron chi connectivity index (χ1n) is 4.64. The van der Waals surface area contributed by atoms with E-state index in [9.17, 15) is 4.79 Å². The van der Waals surface area contributed by atoms with E-state index in [0.717, 1.165) is 10.2 Å². The number of carbonyl (C=O) groups is 1. The molecule has 1 heterocycles. The van der Waals surface area contributed by atoms with E-state index in [2.05, 4.69) is 10.1 Å². The minimum Gasteiger partial charge on any atom is -0.480 e. The van der Waals surface area contributed by atoms with Gasteiger partial charge in [-0.15, -0.1) is 5.10 Å². The Morgan fingerprint density at radius 2 is 2.06 bits per heavy atom. The molecule has 0 spiro atoms. The van der Waals surface area contributed by atoms with Crippen molar-refractivity contribution >= 4 is 11.9 Å². The van der Waals surface area contributed by atoms with Crippen LogP contribution < -0.4 is 5.73 Å². The zero-order valence-electron chi connectivity index (χ0n) is 8.37. The number of nitrogen functional groups attached to an aromatic ring is 1. The summed E-state index contributed by atoms with van der Waals surface area (Å²) in [6, 6.07) is 9.24. The first kappa shape index (κ1) is 10.2. The van der Waals surface area contributed by atoms with Crippen LogP contribution in [0.5, 0.6) is 0 Å². The molecule has 0 saturated heterocycles. The topological polar surface area (TPSA) is 94.0 Å². The Bertz CT molecular complexity index is 507. The fraction of sp³-hybridized carbons (Fsp3) is 0.100. The molecule has 1 aromatic heterocycles. The molecule has 82 valence electrons. The standard InChI is InChI=1S/C10H10N4O2/c11-10-12-9(7-4-2-1-3-5-7)13-14(10)6-8(15)16/h1-5H,6H2,(H,15,16)(H2,11,12,13). The normalized spacial score (nSPS) is 10.2. The van der Waals surface area contributed by atoms with E-state index in [1.165, 1.54) is 0 Å². The number of benzene rings is 1. The molecule has 3 N–H and O–H groups in total. The molecule has 0 amide bonds. The minimum atomic E-state index is -1.00. The summed E-state index contributed by atoms with van der Waals surface area (Å²) in [7, 11) is 0. The van der Waals surface area contributed by atoms with Gasteiger partial charge in [0.1, 0.15) is 6.54 Å². The molecular formula is C10H10N4O2. The van der Waals surface area contributed by atoms with E-state index in [-0.39, 0.29) is 12.5 Å². The van der Waals surface area contributed by atoms with Crippen LogP contribution in [0.3, 0.4) is 0 Å². The summed E-state index contributed by atoms with van der Waals surface area (Å²) in [5, 5.41) is 12.6. The van der Waals surface area contributed by atoms with Gasteiger partial charge in [-0.05, 0) is 0 Å². The molecule has 2 aromatic rings. The highest BCUT2D eigenvalue weighted by molar-refractivity contribution is 5.67. The van der Waals surface area contributed by atoms with Gasteiger partial charge in [0.05, 0.1) is 0 Å². The summed E-state index contributed by atoms with van der Waals surface area (Å²) in [6.07, 6.45) is 0. The summed E-state index contributed by atoms with van der Waals surface area (Å²) in [4.78, 5) is 14.5. The van der Waals surface area contributed by atoms with Crippen molar-refractivity contribution in [3.8, 4) is 11.4 Å². The molecule has 0 unspecified atom stereocenters. The highest BCUT2D eigenvalue weighted by atomic mass is 16.4. The molecular weight excluding hydrogens is 208 g/mol. The minimum absolute atomic E-state index is 0.0984. The van der Waals surface area contributed by atoms with Gasteiger partial charge in [0.25, 0.3) is 0 Å². The molecule has 6 nitrogen and oxygen atoms in total. The lowest BCUT2D eigenvalue weighted by atomic mass is 10.2. The van der Waals surface area contributed by atoms with Gasteiger partial charge in [-0.2, -0.15) is 4.98 Å². The van der Waals surface area contributed by atoms with Crippen molar-refractivity contribution in [1.29, 1.82) is 0 Å². The fourth-order valence-electron chi connectivity index (χ4n) is 1.31. The first-order valence-corrected chi connectivity index (χ1v) is 4.64. The largest absolute Gasteiger partial charge is 0.480 e. The number of rotatable bonds is 3. The van der Waals surface area contributed by atoms with Crippen molar-refractivity contribution in [1.82, 2.24) is 14.8 Å². The number of hydrogen-bond donors (Lipinski definition) is 2. The molecule has 0 aliphatic carbocycles. The number of hydrogen-bond acceptors (Lipinski definition) is 4. The second-order valence-corrected chi connectivity index (χ2v) is 3.21. The smallest absolute Gasteiger partial charge is 0.325 e. The van der Waals surface area contributed by atoms with Gasteiger partial charge in [0, 0.05) is 5.56 Å². The molecule has 0 fully saturated rings. The third kappa shape index (κ3) is 2.00. The maximum absolute atomic E-state index is 10.5.